The summed E-state index contributed by atoms with van der Waals surface area (Å²) in [5.41, 5.74) is 0. The molecule has 1 aliphatic heterocycles. The summed E-state index contributed by atoms with van der Waals surface area (Å²) in [4.78, 5) is 2.30. The number of likely N-dealkylation sites (tertiary alicyclic amines) is 1. The number of methoxy groups -OCH3 is 1. The fraction of sp³-hybridized carbons (Fsp3) is 1.00. The van der Waals surface area contributed by atoms with Crippen molar-refractivity contribution in [3.8, 4) is 0 Å². The predicted molar refractivity (Wildman–Crippen MR) is 67.2 cm³/mol. The number of nitrogens with one attached hydrogen (secondary N) is 1. The first-order chi connectivity index (χ1) is 8.26. The average Bonchev–Trinajstić information content (AvgIpc) is 2.36. The maximum atomic E-state index is 9.80. The van der Waals surface area contributed by atoms with Crippen LogP contribution in [0.2, 0.25) is 0 Å². The second kappa shape index (κ2) is 8.83. The molecule has 0 bridgehead atoms. The number of β-amino-alcohol motifs (C(OH)–C–C–N with tert-alkyl or cyclic N) is 1. The second-order valence-electron chi connectivity index (χ2n) is 4.59. The lowest BCUT2D eigenvalue weighted by atomic mass is 10.1. The van der Waals surface area contributed by atoms with Gasteiger partial charge in [0.25, 0.3) is 0 Å². The van der Waals surface area contributed by atoms with Crippen LogP contribution in [-0.4, -0.2) is 75.8 Å². The molecule has 0 aromatic carbocycles. The first-order valence-corrected chi connectivity index (χ1v) is 6.40. The van der Waals surface area contributed by atoms with E-state index >= 15 is 0 Å². The Hall–Kier alpha value is -0.200. The van der Waals surface area contributed by atoms with Gasteiger partial charge in [0, 0.05) is 19.7 Å². The zero-order valence-corrected chi connectivity index (χ0v) is 11.0. The van der Waals surface area contributed by atoms with Crippen LogP contribution in [0.1, 0.15) is 12.8 Å². The van der Waals surface area contributed by atoms with Crippen LogP contribution in [0.4, 0.5) is 0 Å². The quantitative estimate of drug-likeness (QED) is 0.576. The van der Waals surface area contributed by atoms with Crippen molar-refractivity contribution in [1.29, 1.82) is 0 Å². The van der Waals surface area contributed by atoms with Crippen molar-refractivity contribution >= 4 is 0 Å². The SMILES string of the molecule is CNC1CCN(CC(O)COCCOC)CC1. The molecule has 0 spiro atoms. The molecule has 0 aliphatic carbocycles. The molecule has 5 nitrogen and oxygen atoms in total. The monoisotopic (exact) mass is 246 g/mol. The summed E-state index contributed by atoms with van der Waals surface area (Å²) in [6, 6.07) is 0.640. The van der Waals surface area contributed by atoms with Crippen molar-refractivity contribution in [3.05, 3.63) is 0 Å². The van der Waals surface area contributed by atoms with Gasteiger partial charge in [0.1, 0.15) is 0 Å². The Morgan fingerprint density at radius 1 is 1.35 bits per heavy atom. The summed E-state index contributed by atoms with van der Waals surface area (Å²) < 4.78 is 10.2. The number of piperidine rings is 1. The highest BCUT2D eigenvalue weighted by Gasteiger charge is 2.19. The number of ether oxygens (including phenoxy) is 2. The number of rotatable bonds is 8. The van der Waals surface area contributed by atoms with Gasteiger partial charge >= 0.3 is 0 Å². The van der Waals surface area contributed by atoms with E-state index in [-0.39, 0.29) is 0 Å². The van der Waals surface area contributed by atoms with Crippen LogP contribution in [-0.2, 0) is 9.47 Å². The van der Waals surface area contributed by atoms with Crippen LogP contribution >= 0.6 is 0 Å². The lowest BCUT2D eigenvalue weighted by Gasteiger charge is -2.32. The maximum Gasteiger partial charge on any atom is 0.0900 e. The highest BCUT2D eigenvalue weighted by atomic mass is 16.5. The Kier molecular flexibility index (Phi) is 7.72. The van der Waals surface area contributed by atoms with E-state index in [1.807, 2.05) is 7.05 Å². The van der Waals surface area contributed by atoms with Gasteiger partial charge in [-0.2, -0.15) is 0 Å². The highest BCUT2D eigenvalue weighted by Crippen LogP contribution is 2.10. The molecule has 1 fully saturated rings. The van der Waals surface area contributed by atoms with Crippen molar-refractivity contribution in [2.75, 3.05) is 53.6 Å². The minimum absolute atomic E-state index is 0.391. The molecule has 0 radical (unpaired) electrons. The zero-order chi connectivity index (χ0) is 12.5. The molecule has 1 heterocycles. The van der Waals surface area contributed by atoms with Gasteiger partial charge in [-0.05, 0) is 33.0 Å². The van der Waals surface area contributed by atoms with Crippen molar-refractivity contribution < 1.29 is 14.6 Å². The Morgan fingerprint density at radius 2 is 2.06 bits per heavy atom. The van der Waals surface area contributed by atoms with Gasteiger partial charge in [-0.3, -0.25) is 0 Å². The number of hydrogen-bond donors (Lipinski definition) is 2. The van der Waals surface area contributed by atoms with E-state index in [4.69, 9.17) is 9.47 Å². The van der Waals surface area contributed by atoms with Crippen LogP contribution in [0.25, 0.3) is 0 Å². The third-order valence-electron chi connectivity index (χ3n) is 3.21. The van der Waals surface area contributed by atoms with Crippen molar-refractivity contribution in [1.82, 2.24) is 10.2 Å². The summed E-state index contributed by atoms with van der Waals surface area (Å²) in [5, 5.41) is 13.1. The third kappa shape index (κ3) is 6.33. The maximum absolute atomic E-state index is 9.80. The van der Waals surface area contributed by atoms with Crippen molar-refractivity contribution in [2.45, 2.75) is 25.0 Å². The molecule has 0 saturated carbocycles. The number of aliphatic hydroxyl groups is 1. The molecule has 1 rings (SSSR count). The van der Waals surface area contributed by atoms with Crippen LogP contribution in [0.3, 0.4) is 0 Å². The zero-order valence-electron chi connectivity index (χ0n) is 11.0. The summed E-state index contributed by atoms with van der Waals surface area (Å²) >= 11 is 0. The van der Waals surface area contributed by atoms with Crippen LogP contribution in [0, 0.1) is 0 Å². The summed E-state index contributed by atoms with van der Waals surface area (Å²) in [6.45, 7) is 4.36. The molecule has 5 heteroatoms. The smallest absolute Gasteiger partial charge is 0.0900 e. The van der Waals surface area contributed by atoms with E-state index in [9.17, 15) is 5.11 Å². The Morgan fingerprint density at radius 3 is 2.65 bits per heavy atom. The molecule has 1 aliphatic rings. The predicted octanol–water partition coefficient (Wildman–Crippen LogP) is -0.306. The summed E-state index contributed by atoms with van der Waals surface area (Å²) in [5.74, 6) is 0. The molecule has 1 saturated heterocycles. The lowest BCUT2D eigenvalue weighted by Crippen LogP contribution is -2.44. The van der Waals surface area contributed by atoms with Crippen molar-refractivity contribution in [3.63, 3.8) is 0 Å². The minimum Gasteiger partial charge on any atom is -0.389 e. The first kappa shape index (κ1) is 14.9. The standard InChI is InChI=1S/C12H26N2O3/c1-13-11-3-5-14(6-4-11)9-12(15)10-17-8-7-16-2/h11-13,15H,3-10H2,1-2H3. The van der Waals surface area contributed by atoms with Crippen molar-refractivity contribution in [2.24, 2.45) is 0 Å². The fourth-order valence-electron chi connectivity index (χ4n) is 2.12. The first-order valence-electron chi connectivity index (χ1n) is 6.40. The third-order valence-corrected chi connectivity index (χ3v) is 3.21. The van der Waals surface area contributed by atoms with Gasteiger partial charge in [0.2, 0.25) is 0 Å². The summed E-state index contributed by atoms with van der Waals surface area (Å²) in [7, 11) is 3.66. The molecule has 1 atom stereocenters. The number of nitrogens with zero attached hydrogens (tertiary/aromatic N) is 1. The van der Waals surface area contributed by atoms with E-state index in [2.05, 4.69) is 10.2 Å². The van der Waals surface area contributed by atoms with Crippen LogP contribution in [0.15, 0.2) is 0 Å². The normalized spacial score (nSPS) is 20.6. The van der Waals surface area contributed by atoms with E-state index in [0.717, 1.165) is 25.9 Å². The molecule has 17 heavy (non-hydrogen) atoms. The lowest BCUT2D eigenvalue weighted by molar-refractivity contribution is -0.00359. The number of aliphatic hydroxyl groups excluding tert-OH is 1. The molecule has 0 aromatic heterocycles. The van der Waals surface area contributed by atoms with Gasteiger partial charge in [-0.1, -0.05) is 0 Å². The molecular weight excluding hydrogens is 220 g/mol. The molecule has 0 aromatic rings. The van der Waals surface area contributed by atoms with E-state index < -0.39 is 6.10 Å². The fourth-order valence-corrected chi connectivity index (χ4v) is 2.12. The molecular formula is C12H26N2O3. The molecule has 102 valence electrons. The van der Waals surface area contributed by atoms with E-state index in [1.165, 1.54) is 0 Å². The molecule has 0 amide bonds. The second-order valence-corrected chi connectivity index (χ2v) is 4.59. The summed E-state index contributed by atoms with van der Waals surface area (Å²) in [6.07, 6.45) is 1.93. The van der Waals surface area contributed by atoms with E-state index in [0.29, 0.717) is 32.4 Å². The van der Waals surface area contributed by atoms with Gasteiger partial charge < -0.3 is 24.8 Å². The molecule has 1 unspecified atom stereocenters. The Bertz CT molecular complexity index is 185. The van der Waals surface area contributed by atoms with Gasteiger partial charge in [0.15, 0.2) is 0 Å². The minimum atomic E-state index is -0.391. The van der Waals surface area contributed by atoms with Crippen LogP contribution < -0.4 is 5.32 Å². The topological polar surface area (TPSA) is 54.0 Å². The largest absolute Gasteiger partial charge is 0.389 e. The van der Waals surface area contributed by atoms with Gasteiger partial charge in [0.05, 0.1) is 25.9 Å². The Balaban J connectivity index is 2.04. The molecule has 2 N–H and O–H groups in total. The average molecular weight is 246 g/mol. The van der Waals surface area contributed by atoms with Gasteiger partial charge in [-0.25, -0.2) is 0 Å². The Labute approximate surface area is 104 Å². The van der Waals surface area contributed by atoms with Crippen LogP contribution in [0.5, 0.6) is 0 Å². The highest BCUT2D eigenvalue weighted by molar-refractivity contribution is 4.77. The van der Waals surface area contributed by atoms with Gasteiger partial charge in [-0.15, -0.1) is 0 Å². The van der Waals surface area contributed by atoms with E-state index in [1.54, 1.807) is 7.11 Å². The number of hydrogen-bond acceptors (Lipinski definition) is 5.